The quantitative estimate of drug-likeness (QED) is 0.764. The van der Waals surface area contributed by atoms with Gasteiger partial charge in [-0.15, -0.1) is 10.2 Å². The molecular weight excluding hydrogens is 364 g/mol. The third kappa shape index (κ3) is 4.62. The summed E-state index contributed by atoms with van der Waals surface area (Å²) in [6.45, 7) is 4.99. The lowest BCUT2D eigenvalue weighted by Gasteiger charge is -2.34. The van der Waals surface area contributed by atoms with E-state index in [9.17, 15) is 4.79 Å². The summed E-state index contributed by atoms with van der Waals surface area (Å²) in [5.74, 6) is 1.49. The molecule has 1 fully saturated rings. The highest BCUT2D eigenvalue weighted by Crippen LogP contribution is 2.29. The Morgan fingerprint density at radius 1 is 1.37 bits per heavy atom. The molecule has 0 spiro atoms. The van der Waals surface area contributed by atoms with Crippen LogP contribution in [0.15, 0.2) is 29.4 Å². The monoisotopic (exact) mass is 390 g/mol. The van der Waals surface area contributed by atoms with Gasteiger partial charge in [-0.3, -0.25) is 9.36 Å². The van der Waals surface area contributed by atoms with E-state index < -0.39 is 0 Å². The molecule has 1 saturated heterocycles. The van der Waals surface area contributed by atoms with E-state index in [0.29, 0.717) is 19.0 Å². The molecule has 1 aromatic carbocycles. The molecule has 2 heterocycles. The minimum atomic E-state index is -0.255. The molecule has 0 radical (unpaired) electrons. The van der Waals surface area contributed by atoms with E-state index in [0.717, 1.165) is 29.4 Å². The van der Waals surface area contributed by atoms with E-state index in [4.69, 9.17) is 9.47 Å². The Bertz CT molecular complexity index is 789. The predicted molar refractivity (Wildman–Crippen MR) is 104 cm³/mol. The number of ether oxygens (including phenoxy) is 2. The van der Waals surface area contributed by atoms with Crippen LogP contribution in [0.25, 0.3) is 5.69 Å². The first-order chi connectivity index (χ1) is 12.9. The first-order valence-corrected chi connectivity index (χ1v) is 10.2. The number of methoxy groups -OCH3 is 1. The number of carbonyl (C=O) groups excluding carboxylic acids is 1. The summed E-state index contributed by atoms with van der Waals surface area (Å²) < 4.78 is 12.9. The fraction of sp³-hybridized carbons (Fsp3) is 0.526. The number of benzene rings is 1. The maximum Gasteiger partial charge on any atom is 0.223 e. The Hall–Kier alpha value is -2.06. The summed E-state index contributed by atoms with van der Waals surface area (Å²) in [4.78, 5) is 12.6. The molecule has 8 heteroatoms. The molecular formula is C19H26N4O3S. The Morgan fingerprint density at radius 2 is 2.11 bits per heavy atom. The molecule has 0 bridgehead atoms. The van der Waals surface area contributed by atoms with Crippen molar-refractivity contribution in [1.82, 2.24) is 20.1 Å². The maximum absolute atomic E-state index is 12.6. The van der Waals surface area contributed by atoms with Crippen LogP contribution >= 0.6 is 11.8 Å². The smallest absolute Gasteiger partial charge is 0.223 e. The molecule has 0 saturated carbocycles. The number of nitrogens with zero attached hydrogens (tertiary/aromatic N) is 3. The van der Waals surface area contributed by atoms with Gasteiger partial charge in [0.1, 0.15) is 5.75 Å². The fourth-order valence-corrected chi connectivity index (χ4v) is 3.82. The van der Waals surface area contributed by atoms with E-state index in [1.54, 1.807) is 7.11 Å². The van der Waals surface area contributed by atoms with Crippen molar-refractivity contribution in [3.63, 3.8) is 0 Å². The van der Waals surface area contributed by atoms with Crippen LogP contribution in [-0.2, 0) is 16.1 Å². The Kier molecular flexibility index (Phi) is 6.06. The average molecular weight is 391 g/mol. The number of amides is 1. The summed E-state index contributed by atoms with van der Waals surface area (Å²) in [6, 6.07) is 7.69. The van der Waals surface area contributed by atoms with E-state index in [1.807, 2.05) is 48.9 Å². The molecule has 2 aromatic rings. The Morgan fingerprint density at radius 3 is 2.74 bits per heavy atom. The van der Waals surface area contributed by atoms with Gasteiger partial charge in [0.25, 0.3) is 0 Å². The van der Waals surface area contributed by atoms with Crippen molar-refractivity contribution in [2.24, 2.45) is 5.92 Å². The van der Waals surface area contributed by atoms with Crippen LogP contribution in [-0.4, -0.2) is 46.2 Å². The topological polar surface area (TPSA) is 78.3 Å². The first kappa shape index (κ1) is 19.7. The van der Waals surface area contributed by atoms with Crippen molar-refractivity contribution in [1.29, 1.82) is 0 Å². The van der Waals surface area contributed by atoms with Crippen molar-refractivity contribution in [3.8, 4) is 11.4 Å². The highest BCUT2D eigenvalue weighted by molar-refractivity contribution is 7.98. The summed E-state index contributed by atoms with van der Waals surface area (Å²) in [5, 5.41) is 12.3. The maximum atomic E-state index is 12.6. The Labute approximate surface area is 163 Å². The zero-order valence-corrected chi connectivity index (χ0v) is 17.0. The number of rotatable bonds is 6. The minimum Gasteiger partial charge on any atom is -0.497 e. The average Bonchev–Trinajstić information content (AvgIpc) is 3.08. The van der Waals surface area contributed by atoms with E-state index in [-0.39, 0.29) is 17.4 Å². The molecule has 0 aliphatic carbocycles. The third-order valence-corrected chi connectivity index (χ3v) is 5.33. The second-order valence-electron chi connectivity index (χ2n) is 7.15. The zero-order chi connectivity index (χ0) is 19.4. The SMILES string of the molecule is COc1ccc(-n2c(CNC(=O)[C@@H]3CCOC(C)(C)C3)nnc2SC)cc1. The van der Waals surface area contributed by atoms with Crippen molar-refractivity contribution in [3.05, 3.63) is 30.1 Å². The molecule has 1 atom stereocenters. The van der Waals surface area contributed by atoms with Gasteiger partial charge in [-0.05, 0) is 57.2 Å². The third-order valence-electron chi connectivity index (χ3n) is 4.70. The van der Waals surface area contributed by atoms with E-state index in [2.05, 4.69) is 15.5 Å². The standard InChI is InChI=1S/C19H26N4O3S/c1-19(2)11-13(9-10-26-19)17(24)20-12-16-21-22-18(27-4)23(16)14-5-7-15(25-3)8-6-14/h5-8,13H,9-12H2,1-4H3,(H,20,24)/t13-/m1/s1. The van der Waals surface area contributed by atoms with E-state index in [1.165, 1.54) is 11.8 Å². The lowest BCUT2D eigenvalue weighted by molar-refractivity contribution is -0.135. The largest absolute Gasteiger partial charge is 0.497 e. The molecule has 1 N–H and O–H groups in total. The molecule has 1 aliphatic rings. The number of hydrogen-bond acceptors (Lipinski definition) is 6. The van der Waals surface area contributed by atoms with Gasteiger partial charge < -0.3 is 14.8 Å². The van der Waals surface area contributed by atoms with Crippen molar-refractivity contribution >= 4 is 17.7 Å². The number of carbonyl (C=O) groups is 1. The van der Waals surface area contributed by atoms with Crippen molar-refractivity contribution < 1.29 is 14.3 Å². The molecule has 1 amide bonds. The second kappa shape index (κ2) is 8.31. The number of aromatic nitrogens is 3. The molecule has 7 nitrogen and oxygen atoms in total. The van der Waals surface area contributed by atoms with Gasteiger partial charge in [0.2, 0.25) is 5.91 Å². The van der Waals surface area contributed by atoms with Gasteiger partial charge in [0, 0.05) is 18.2 Å². The summed E-state index contributed by atoms with van der Waals surface area (Å²) >= 11 is 1.51. The van der Waals surface area contributed by atoms with Crippen LogP contribution in [0.5, 0.6) is 5.75 Å². The highest BCUT2D eigenvalue weighted by Gasteiger charge is 2.32. The summed E-state index contributed by atoms with van der Waals surface area (Å²) in [7, 11) is 1.64. The van der Waals surface area contributed by atoms with Crippen LogP contribution in [0.1, 0.15) is 32.5 Å². The van der Waals surface area contributed by atoms with Crippen LogP contribution < -0.4 is 10.1 Å². The van der Waals surface area contributed by atoms with Crippen LogP contribution in [0.3, 0.4) is 0 Å². The highest BCUT2D eigenvalue weighted by atomic mass is 32.2. The number of thioether (sulfide) groups is 1. The van der Waals surface area contributed by atoms with Gasteiger partial charge in [-0.25, -0.2) is 0 Å². The fourth-order valence-electron chi connectivity index (χ4n) is 3.30. The van der Waals surface area contributed by atoms with Crippen LogP contribution in [0, 0.1) is 5.92 Å². The van der Waals surface area contributed by atoms with Crippen LogP contribution in [0.4, 0.5) is 0 Å². The number of nitrogens with one attached hydrogen (secondary N) is 1. The summed E-state index contributed by atoms with van der Waals surface area (Å²) in [6.07, 6.45) is 3.42. The van der Waals surface area contributed by atoms with Gasteiger partial charge in [0.05, 0.1) is 19.3 Å². The van der Waals surface area contributed by atoms with Gasteiger partial charge >= 0.3 is 0 Å². The van der Waals surface area contributed by atoms with Gasteiger partial charge in [-0.2, -0.15) is 0 Å². The lowest BCUT2D eigenvalue weighted by atomic mass is 9.88. The van der Waals surface area contributed by atoms with Crippen LogP contribution in [0.2, 0.25) is 0 Å². The van der Waals surface area contributed by atoms with Gasteiger partial charge in [-0.1, -0.05) is 11.8 Å². The molecule has 27 heavy (non-hydrogen) atoms. The van der Waals surface area contributed by atoms with Crippen molar-refractivity contribution in [2.45, 2.75) is 44.0 Å². The molecule has 0 unspecified atom stereocenters. The lowest BCUT2D eigenvalue weighted by Crippen LogP contribution is -2.41. The Balaban J connectivity index is 1.73. The van der Waals surface area contributed by atoms with E-state index >= 15 is 0 Å². The predicted octanol–water partition coefficient (Wildman–Crippen LogP) is 2.82. The molecule has 3 rings (SSSR count). The molecule has 1 aliphatic heterocycles. The minimum absolute atomic E-state index is 0.0360. The molecule has 1 aromatic heterocycles. The normalized spacial score (nSPS) is 18.9. The first-order valence-electron chi connectivity index (χ1n) is 8.98. The second-order valence-corrected chi connectivity index (χ2v) is 7.93. The molecule has 146 valence electrons. The number of hydrogen-bond donors (Lipinski definition) is 1. The summed E-state index contributed by atoms with van der Waals surface area (Å²) in [5.41, 5.74) is 0.677. The zero-order valence-electron chi connectivity index (χ0n) is 16.2. The van der Waals surface area contributed by atoms with Gasteiger partial charge in [0.15, 0.2) is 11.0 Å². The van der Waals surface area contributed by atoms with Crippen molar-refractivity contribution in [2.75, 3.05) is 20.0 Å².